The number of benzene rings is 3. The Morgan fingerprint density at radius 2 is 1.72 bits per heavy atom. The summed E-state index contributed by atoms with van der Waals surface area (Å²) in [5.74, 6) is -0.500. The summed E-state index contributed by atoms with van der Waals surface area (Å²) in [4.78, 5) is 28.6. The number of fused-ring (bicyclic) bond motifs is 3. The van der Waals surface area contributed by atoms with Gasteiger partial charge in [0.2, 0.25) is 5.66 Å². The molecule has 29 heavy (non-hydrogen) atoms. The van der Waals surface area contributed by atoms with Crippen LogP contribution in [0.15, 0.2) is 71.2 Å². The first-order valence-electron chi connectivity index (χ1n) is 9.47. The Hall–Kier alpha value is -3.12. The minimum absolute atomic E-state index is 0.216. The molecule has 0 saturated carbocycles. The molecular weight excluding hydrogens is 430 g/mol. The molecule has 0 aliphatic carbocycles. The van der Waals surface area contributed by atoms with Crippen LogP contribution in [0.3, 0.4) is 0 Å². The van der Waals surface area contributed by atoms with Gasteiger partial charge in [0.1, 0.15) is 0 Å². The molecule has 0 radical (unpaired) electrons. The first-order valence-corrected chi connectivity index (χ1v) is 10.3. The summed E-state index contributed by atoms with van der Waals surface area (Å²) in [6, 6.07) is 20.7. The zero-order chi connectivity index (χ0) is 20.2. The molecule has 5 rings (SSSR count). The molecule has 2 aliphatic heterocycles. The average Bonchev–Trinajstić information content (AvgIpc) is 3.00. The van der Waals surface area contributed by atoms with Crippen molar-refractivity contribution >= 4 is 44.8 Å². The molecule has 2 aliphatic rings. The Kier molecular flexibility index (Phi) is 3.99. The van der Waals surface area contributed by atoms with Gasteiger partial charge in [-0.2, -0.15) is 0 Å². The van der Waals surface area contributed by atoms with Crippen molar-refractivity contribution in [3.8, 4) is 0 Å². The van der Waals surface area contributed by atoms with Crippen molar-refractivity contribution in [1.29, 1.82) is 0 Å². The fourth-order valence-electron chi connectivity index (χ4n) is 4.10. The highest BCUT2D eigenvalue weighted by atomic mass is 79.9. The number of hydrogen-bond donors (Lipinski definition) is 2. The van der Waals surface area contributed by atoms with E-state index in [0.717, 1.165) is 10.9 Å². The van der Waals surface area contributed by atoms with E-state index < -0.39 is 5.66 Å². The average molecular weight is 448 g/mol. The quantitative estimate of drug-likeness (QED) is 0.587. The van der Waals surface area contributed by atoms with E-state index in [2.05, 4.69) is 33.5 Å². The smallest absolute Gasteiger partial charge is 0.276 e. The number of carbonyl (C=O) groups is 2. The summed E-state index contributed by atoms with van der Waals surface area (Å²) in [6.07, 6.45) is 0.900. The number of amides is 2. The lowest BCUT2D eigenvalue weighted by Gasteiger charge is -2.44. The predicted octanol–water partition coefficient (Wildman–Crippen LogP) is 4.89. The van der Waals surface area contributed by atoms with E-state index in [1.165, 1.54) is 5.56 Å². The number of carbonyl (C=O) groups excluding carboxylic acids is 2. The monoisotopic (exact) mass is 447 g/mol. The standard InChI is InChI=1S/C23H18BrN3O2/c1-2-14-7-10-16(11-8-14)27-21(28)17-5-3-4-6-19(17)26-23(27)18-13-15(24)9-12-20(18)25-22(23)29/h3-13,26H,2H2,1H3,(H,25,29). The summed E-state index contributed by atoms with van der Waals surface area (Å²) in [5.41, 5.74) is 3.04. The normalized spacial score (nSPS) is 19.6. The molecule has 0 bridgehead atoms. The van der Waals surface area contributed by atoms with Gasteiger partial charge in [0.05, 0.1) is 5.56 Å². The van der Waals surface area contributed by atoms with E-state index >= 15 is 0 Å². The van der Waals surface area contributed by atoms with Crippen LogP contribution in [0, 0.1) is 0 Å². The van der Waals surface area contributed by atoms with Crippen LogP contribution in [-0.2, 0) is 16.9 Å². The first-order chi connectivity index (χ1) is 14.0. The fourth-order valence-corrected chi connectivity index (χ4v) is 4.46. The molecule has 3 aromatic rings. The van der Waals surface area contributed by atoms with Crippen molar-refractivity contribution in [2.75, 3.05) is 15.5 Å². The largest absolute Gasteiger partial charge is 0.350 e. The van der Waals surface area contributed by atoms with Gasteiger partial charge < -0.3 is 10.6 Å². The maximum atomic E-state index is 13.7. The van der Waals surface area contributed by atoms with Crippen LogP contribution in [0.5, 0.6) is 0 Å². The topological polar surface area (TPSA) is 61.4 Å². The summed E-state index contributed by atoms with van der Waals surface area (Å²) < 4.78 is 0.835. The number of rotatable bonds is 2. The van der Waals surface area contributed by atoms with Gasteiger partial charge in [-0.1, -0.05) is 47.1 Å². The van der Waals surface area contributed by atoms with Crippen molar-refractivity contribution in [3.05, 3.63) is 87.9 Å². The van der Waals surface area contributed by atoms with Crippen molar-refractivity contribution in [3.63, 3.8) is 0 Å². The lowest BCUT2D eigenvalue weighted by atomic mass is 9.92. The van der Waals surface area contributed by atoms with Crippen LogP contribution in [0.25, 0.3) is 0 Å². The first kappa shape index (κ1) is 17.9. The van der Waals surface area contributed by atoms with Crippen LogP contribution >= 0.6 is 15.9 Å². The SMILES string of the molecule is CCc1ccc(N2C(=O)c3ccccc3NC23C(=O)Nc2ccc(Br)cc23)cc1. The molecule has 1 atom stereocenters. The third kappa shape index (κ3) is 2.52. The zero-order valence-electron chi connectivity index (χ0n) is 15.7. The van der Waals surface area contributed by atoms with Gasteiger partial charge in [0.25, 0.3) is 11.8 Å². The van der Waals surface area contributed by atoms with Gasteiger partial charge in [0, 0.05) is 27.1 Å². The summed E-state index contributed by atoms with van der Waals surface area (Å²) in [7, 11) is 0. The number of hydrogen-bond acceptors (Lipinski definition) is 3. The lowest BCUT2D eigenvalue weighted by molar-refractivity contribution is -0.119. The number of nitrogens with one attached hydrogen (secondary N) is 2. The van der Waals surface area contributed by atoms with Gasteiger partial charge in [-0.3, -0.25) is 14.5 Å². The van der Waals surface area contributed by atoms with E-state index in [1.54, 1.807) is 11.0 Å². The van der Waals surface area contributed by atoms with Crippen molar-refractivity contribution in [2.24, 2.45) is 0 Å². The molecule has 3 aromatic carbocycles. The van der Waals surface area contributed by atoms with Crippen LogP contribution in [-0.4, -0.2) is 11.8 Å². The van der Waals surface area contributed by atoms with Gasteiger partial charge >= 0.3 is 0 Å². The number of halogens is 1. The molecule has 1 unspecified atom stereocenters. The third-order valence-corrected chi connectivity index (χ3v) is 6.06. The Labute approximate surface area is 176 Å². The molecule has 144 valence electrons. The minimum Gasteiger partial charge on any atom is -0.350 e. The Bertz CT molecular complexity index is 1160. The number of para-hydroxylation sites is 1. The molecule has 6 heteroatoms. The van der Waals surface area contributed by atoms with Gasteiger partial charge in [-0.25, -0.2) is 0 Å². The second kappa shape index (κ2) is 6.46. The maximum Gasteiger partial charge on any atom is 0.276 e. The van der Waals surface area contributed by atoms with Crippen molar-refractivity contribution in [2.45, 2.75) is 19.0 Å². The van der Waals surface area contributed by atoms with E-state index in [-0.39, 0.29) is 11.8 Å². The molecule has 2 heterocycles. The fraction of sp³-hybridized carbons (Fsp3) is 0.130. The van der Waals surface area contributed by atoms with Crippen molar-refractivity contribution < 1.29 is 9.59 Å². The second-order valence-corrected chi connectivity index (χ2v) is 8.10. The van der Waals surface area contributed by atoms with Crippen LogP contribution in [0.4, 0.5) is 17.1 Å². The molecular formula is C23H18BrN3O2. The Morgan fingerprint density at radius 1 is 0.966 bits per heavy atom. The molecule has 0 aromatic heterocycles. The highest BCUT2D eigenvalue weighted by molar-refractivity contribution is 9.10. The second-order valence-electron chi connectivity index (χ2n) is 7.19. The number of nitrogens with zero attached hydrogens (tertiary/aromatic N) is 1. The number of anilines is 3. The summed E-state index contributed by atoms with van der Waals surface area (Å²) >= 11 is 3.51. The molecule has 5 nitrogen and oxygen atoms in total. The summed E-state index contributed by atoms with van der Waals surface area (Å²) in [5, 5.41) is 6.33. The van der Waals surface area contributed by atoms with Crippen LogP contribution in [0.1, 0.15) is 28.4 Å². The molecule has 2 amide bonds. The molecule has 1 spiro atoms. The van der Waals surface area contributed by atoms with Crippen LogP contribution in [0.2, 0.25) is 0 Å². The zero-order valence-corrected chi connectivity index (χ0v) is 17.3. The highest BCUT2D eigenvalue weighted by Gasteiger charge is 2.57. The lowest BCUT2D eigenvalue weighted by Crippen LogP contribution is -2.61. The van der Waals surface area contributed by atoms with Gasteiger partial charge in [-0.15, -0.1) is 0 Å². The minimum atomic E-state index is -1.36. The van der Waals surface area contributed by atoms with Crippen molar-refractivity contribution in [1.82, 2.24) is 0 Å². The molecule has 0 saturated heterocycles. The van der Waals surface area contributed by atoms with E-state index in [9.17, 15) is 9.59 Å². The molecule has 0 fully saturated rings. The predicted molar refractivity (Wildman–Crippen MR) is 117 cm³/mol. The van der Waals surface area contributed by atoms with Gasteiger partial charge in [-0.05, 0) is 54.4 Å². The molecule has 2 N–H and O–H groups in total. The Morgan fingerprint density at radius 3 is 2.48 bits per heavy atom. The Balaban J connectivity index is 1.79. The number of aryl methyl sites for hydroxylation is 1. The van der Waals surface area contributed by atoms with E-state index in [1.807, 2.05) is 60.7 Å². The third-order valence-electron chi connectivity index (χ3n) is 5.56. The van der Waals surface area contributed by atoms with Crippen LogP contribution < -0.4 is 15.5 Å². The maximum absolute atomic E-state index is 13.7. The van der Waals surface area contributed by atoms with E-state index in [0.29, 0.717) is 28.2 Å². The highest BCUT2D eigenvalue weighted by Crippen LogP contribution is 2.47. The summed E-state index contributed by atoms with van der Waals surface area (Å²) in [6.45, 7) is 2.08. The van der Waals surface area contributed by atoms with Gasteiger partial charge in [0.15, 0.2) is 0 Å². The van der Waals surface area contributed by atoms with E-state index in [4.69, 9.17) is 0 Å².